The number of benzene rings is 1. The Bertz CT molecular complexity index is 594. The fourth-order valence-corrected chi connectivity index (χ4v) is 3.08. The third kappa shape index (κ3) is 2.17. The van der Waals surface area contributed by atoms with E-state index in [-0.39, 0.29) is 6.04 Å². The number of nitrogens with zero attached hydrogens (tertiary/aromatic N) is 2. The maximum atomic E-state index is 6.04. The molecule has 0 bridgehead atoms. The molecule has 0 saturated carbocycles. The zero-order chi connectivity index (χ0) is 13.2. The predicted octanol–water partition coefficient (Wildman–Crippen LogP) is 2.63. The van der Waals surface area contributed by atoms with Crippen molar-refractivity contribution in [1.29, 1.82) is 0 Å². The summed E-state index contributed by atoms with van der Waals surface area (Å²) < 4.78 is 5.27. The summed E-state index contributed by atoms with van der Waals surface area (Å²) in [4.78, 5) is 7.71. The first-order valence-corrected chi connectivity index (χ1v) is 6.94. The second kappa shape index (κ2) is 4.93. The van der Waals surface area contributed by atoms with Crippen LogP contribution >= 0.6 is 11.3 Å². The lowest BCUT2D eigenvalue weighted by Gasteiger charge is -2.25. The number of ether oxygens (including phenoxy) is 1. The second-order valence-corrected chi connectivity index (χ2v) is 5.28. The third-order valence-corrected chi connectivity index (χ3v) is 4.16. The van der Waals surface area contributed by atoms with Gasteiger partial charge >= 0.3 is 0 Å². The molecule has 3 rings (SSSR count). The number of thiophene rings is 1. The molecule has 1 atom stereocenters. The van der Waals surface area contributed by atoms with Crippen molar-refractivity contribution in [3.05, 3.63) is 46.7 Å². The first kappa shape index (κ1) is 12.0. The van der Waals surface area contributed by atoms with Crippen molar-refractivity contribution in [3.8, 4) is 5.75 Å². The molecule has 1 unspecified atom stereocenters. The highest BCUT2D eigenvalue weighted by atomic mass is 32.1. The van der Waals surface area contributed by atoms with E-state index in [2.05, 4.69) is 27.4 Å². The van der Waals surface area contributed by atoms with E-state index in [0.717, 1.165) is 11.4 Å². The number of anilines is 1. The third-order valence-electron chi connectivity index (χ3n) is 3.19. The van der Waals surface area contributed by atoms with Crippen molar-refractivity contribution in [2.45, 2.75) is 6.04 Å². The van der Waals surface area contributed by atoms with Gasteiger partial charge in [-0.25, -0.2) is 0 Å². The Morgan fingerprint density at radius 3 is 3.00 bits per heavy atom. The first-order valence-electron chi connectivity index (χ1n) is 6.06. The molecule has 0 radical (unpaired) electrons. The van der Waals surface area contributed by atoms with Gasteiger partial charge in [0.1, 0.15) is 5.75 Å². The van der Waals surface area contributed by atoms with Crippen LogP contribution in [0.3, 0.4) is 0 Å². The number of methoxy groups -OCH3 is 1. The summed E-state index contributed by atoms with van der Waals surface area (Å²) in [6.07, 6.45) is 0. The minimum Gasteiger partial charge on any atom is -0.497 e. The van der Waals surface area contributed by atoms with Gasteiger partial charge in [0, 0.05) is 16.6 Å². The van der Waals surface area contributed by atoms with Gasteiger partial charge in [0.25, 0.3) is 0 Å². The van der Waals surface area contributed by atoms with E-state index in [0.29, 0.717) is 12.5 Å². The maximum Gasteiger partial charge on any atom is 0.196 e. The topological polar surface area (TPSA) is 50.9 Å². The molecule has 2 heterocycles. The Morgan fingerprint density at radius 1 is 1.37 bits per heavy atom. The van der Waals surface area contributed by atoms with E-state index in [9.17, 15) is 0 Å². The van der Waals surface area contributed by atoms with Crippen molar-refractivity contribution >= 4 is 23.0 Å². The minimum atomic E-state index is 0.187. The molecule has 1 aromatic carbocycles. The quantitative estimate of drug-likeness (QED) is 0.935. The van der Waals surface area contributed by atoms with Gasteiger partial charge in [0.05, 0.1) is 19.7 Å². The highest BCUT2D eigenvalue weighted by molar-refractivity contribution is 7.10. The smallest absolute Gasteiger partial charge is 0.196 e. The number of hydrogen-bond acceptors (Lipinski definition) is 5. The van der Waals surface area contributed by atoms with Crippen molar-refractivity contribution in [3.63, 3.8) is 0 Å². The Kier molecular flexibility index (Phi) is 3.13. The van der Waals surface area contributed by atoms with Crippen LogP contribution in [0.25, 0.3) is 0 Å². The van der Waals surface area contributed by atoms with Crippen LogP contribution < -0.4 is 15.4 Å². The number of guanidine groups is 1. The Morgan fingerprint density at radius 2 is 2.26 bits per heavy atom. The van der Waals surface area contributed by atoms with E-state index < -0.39 is 0 Å². The highest BCUT2D eigenvalue weighted by Gasteiger charge is 2.29. The molecule has 5 heteroatoms. The molecular weight excluding hydrogens is 258 g/mol. The standard InChI is InChI=1S/C14H15N3OS/c1-18-11-5-2-4-10(8-11)17-12(9-16-14(17)15)13-6-3-7-19-13/h2-8,12H,9H2,1H3,(H2,15,16). The normalized spacial score (nSPS) is 18.5. The van der Waals surface area contributed by atoms with Gasteiger partial charge in [0.15, 0.2) is 5.96 Å². The van der Waals surface area contributed by atoms with Gasteiger partial charge in [0.2, 0.25) is 0 Å². The van der Waals surface area contributed by atoms with Crippen LogP contribution in [0.2, 0.25) is 0 Å². The monoisotopic (exact) mass is 273 g/mol. The first-order chi connectivity index (χ1) is 9.29. The zero-order valence-corrected chi connectivity index (χ0v) is 11.4. The minimum absolute atomic E-state index is 0.187. The van der Waals surface area contributed by atoms with Crippen LogP contribution in [0.5, 0.6) is 5.75 Å². The summed E-state index contributed by atoms with van der Waals surface area (Å²) >= 11 is 1.73. The summed E-state index contributed by atoms with van der Waals surface area (Å²) in [5.74, 6) is 1.38. The molecule has 0 amide bonds. The lowest BCUT2D eigenvalue weighted by Crippen LogP contribution is -2.35. The largest absolute Gasteiger partial charge is 0.497 e. The molecule has 2 N–H and O–H groups in total. The summed E-state index contributed by atoms with van der Waals surface area (Å²) in [6, 6.07) is 12.3. The SMILES string of the molecule is COc1cccc(N2C(N)=NCC2c2cccs2)c1. The number of nitrogens with two attached hydrogens (primary N) is 1. The Balaban J connectivity index is 1.98. The number of rotatable bonds is 3. The van der Waals surface area contributed by atoms with Crippen LogP contribution in [0.4, 0.5) is 5.69 Å². The van der Waals surface area contributed by atoms with Crippen LogP contribution in [-0.2, 0) is 0 Å². The molecule has 0 fully saturated rings. The van der Waals surface area contributed by atoms with E-state index in [1.165, 1.54) is 4.88 Å². The van der Waals surface area contributed by atoms with Crippen LogP contribution in [0.1, 0.15) is 10.9 Å². The summed E-state index contributed by atoms with van der Waals surface area (Å²) in [5, 5.41) is 2.08. The lowest BCUT2D eigenvalue weighted by atomic mass is 10.2. The molecule has 1 aromatic heterocycles. The zero-order valence-electron chi connectivity index (χ0n) is 10.6. The van der Waals surface area contributed by atoms with Crippen molar-refractivity contribution < 1.29 is 4.74 Å². The molecule has 0 saturated heterocycles. The van der Waals surface area contributed by atoms with E-state index in [1.807, 2.05) is 24.3 Å². The summed E-state index contributed by atoms with van der Waals surface area (Å²) in [7, 11) is 1.66. The van der Waals surface area contributed by atoms with Crippen molar-refractivity contribution in [2.75, 3.05) is 18.6 Å². The maximum absolute atomic E-state index is 6.04. The number of aliphatic imine (C=N–C) groups is 1. The molecule has 1 aliphatic rings. The molecular formula is C14H15N3OS. The van der Waals surface area contributed by atoms with Gasteiger partial charge in [-0.3, -0.25) is 4.99 Å². The van der Waals surface area contributed by atoms with Crippen molar-refractivity contribution in [1.82, 2.24) is 0 Å². The second-order valence-electron chi connectivity index (χ2n) is 4.30. The Hall–Kier alpha value is -2.01. The summed E-state index contributed by atoms with van der Waals surface area (Å²) in [5.41, 5.74) is 7.05. The fraction of sp³-hybridized carbons (Fsp3) is 0.214. The van der Waals surface area contributed by atoms with Gasteiger partial charge in [-0.15, -0.1) is 11.3 Å². The van der Waals surface area contributed by atoms with Gasteiger partial charge in [-0.1, -0.05) is 12.1 Å². The molecule has 98 valence electrons. The lowest BCUT2D eigenvalue weighted by molar-refractivity contribution is 0.415. The molecule has 0 aliphatic carbocycles. The van der Waals surface area contributed by atoms with Gasteiger partial charge in [-0.2, -0.15) is 0 Å². The van der Waals surface area contributed by atoms with Crippen LogP contribution in [0, 0.1) is 0 Å². The number of hydrogen-bond donors (Lipinski definition) is 1. The average Bonchev–Trinajstić information content (AvgIpc) is 3.07. The van der Waals surface area contributed by atoms with Gasteiger partial charge < -0.3 is 15.4 Å². The van der Waals surface area contributed by atoms with Crippen molar-refractivity contribution in [2.24, 2.45) is 10.7 Å². The molecule has 2 aromatic rings. The molecule has 4 nitrogen and oxygen atoms in total. The predicted molar refractivity (Wildman–Crippen MR) is 79.0 cm³/mol. The van der Waals surface area contributed by atoms with E-state index in [4.69, 9.17) is 10.5 Å². The van der Waals surface area contributed by atoms with Gasteiger partial charge in [-0.05, 0) is 23.6 Å². The van der Waals surface area contributed by atoms with E-state index >= 15 is 0 Å². The van der Waals surface area contributed by atoms with E-state index in [1.54, 1.807) is 18.4 Å². The summed E-state index contributed by atoms with van der Waals surface area (Å²) in [6.45, 7) is 0.698. The van der Waals surface area contributed by atoms with Crippen LogP contribution in [0.15, 0.2) is 46.8 Å². The molecule has 19 heavy (non-hydrogen) atoms. The average molecular weight is 273 g/mol. The van der Waals surface area contributed by atoms with Crippen LogP contribution in [-0.4, -0.2) is 19.6 Å². The molecule has 1 aliphatic heterocycles. The molecule has 0 spiro atoms. The fourth-order valence-electron chi connectivity index (χ4n) is 2.27. The highest BCUT2D eigenvalue weighted by Crippen LogP contribution is 2.34. The Labute approximate surface area is 116 Å².